The predicted molar refractivity (Wildman–Crippen MR) is 60.0 cm³/mol. The molecule has 0 radical (unpaired) electrons. The second-order valence-corrected chi connectivity index (χ2v) is 3.83. The van der Waals surface area contributed by atoms with E-state index in [0.717, 1.165) is 25.0 Å². The van der Waals surface area contributed by atoms with Crippen molar-refractivity contribution in [3.63, 3.8) is 0 Å². The Hall–Kier alpha value is -1.20. The van der Waals surface area contributed by atoms with Gasteiger partial charge in [-0.2, -0.15) is 0 Å². The van der Waals surface area contributed by atoms with E-state index in [-0.39, 0.29) is 29.6 Å². The first-order chi connectivity index (χ1) is 7.09. The molecule has 0 amide bonds. The van der Waals surface area contributed by atoms with E-state index in [1.807, 2.05) is 0 Å². The fourth-order valence-corrected chi connectivity index (χ4v) is 1.61. The molecule has 1 aromatic carbocycles. The Labute approximate surface area is 98.2 Å². The van der Waals surface area contributed by atoms with Crippen molar-refractivity contribution in [2.45, 2.75) is 18.9 Å². The van der Waals surface area contributed by atoms with Crippen LogP contribution >= 0.6 is 12.4 Å². The number of nitrogens with zero attached hydrogens (tertiary/aromatic N) is 1. The summed E-state index contributed by atoms with van der Waals surface area (Å²) in [5.74, 6) is -0.179. The average Bonchev–Trinajstić information content (AvgIpc) is 3.00. The van der Waals surface area contributed by atoms with Gasteiger partial charge < -0.3 is 5.73 Å². The molecule has 88 valence electrons. The fourth-order valence-electron chi connectivity index (χ4n) is 1.61. The Morgan fingerprint density at radius 1 is 1.50 bits per heavy atom. The van der Waals surface area contributed by atoms with E-state index in [1.165, 1.54) is 6.07 Å². The molecule has 1 saturated carbocycles. The van der Waals surface area contributed by atoms with Crippen molar-refractivity contribution in [1.29, 1.82) is 0 Å². The maximum atomic E-state index is 13.4. The summed E-state index contributed by atoms with van der Waals surface area (Å²) in [6.07, 6.45) is 1.95. The van der Waals surface area contributed by atoms with Gasteiger partial charge in [0.25, 0.3) is 5.69 Å². The van der Waals surface area contributed by atoms with E-state index in [1.54, 1.807) is 0 Å². The van der Waals surface area contributed by atoms with E-state index in [9.17, 15) is 14.5 Å². The zero-order valence-electron chi connectivity index (χ0n) is 8.43. The van der Waals surface area contributed by atoms with Crippen LogP contribution in [0.1, 0.15) is 24.4 Å². The molecule has 1 aromatic rings. The zero-order chi connectivity index (χ0) is 11.0. The summed E-state index contributed by atoms with van der Waals surface area (Å²) >= 11 is 0. The quantitative estimate of drug-likeness (QED) is 0.658. The number of hydrogen-bond acceptors (Lipinski definition) is 3. The molecule has 0 unspecified atom stereocenters. The second kappa shape index (κ2) is 4.76. The minimum atomic E-state index is -0.539. The zero-order valence-corrected chi connectivity index (χ0v) is 9.24. The lowest BCUT2D eigenvalue weighted by molar-refractivity contribution is -0.385. The monoisotopic (exact) mass is 246 g/mol. The van der Waals surface area contributed by atoms with Gasteiger partial charge >= 0.3 is 0 Å². The van der Waals surface area contributed by atoms with Crippen LogP contribution in [0.25, 0.3) is 0 Å². The highest BCUT2D eigenvalue weighted by molar-refractivity contribution is 5.85. The van der Waals surface area contributed by atoms with Crippen molar-refractivity contribution >= 4 is 18.1 Å². The lowest BCUT2D eigenvalue weighted by atomic mass is 10.0. The number of halogens is 2. The molecule has 1 fully saturated rings. The Morgan fingerprint density at radius 2 is 2.12 bits per heavy atom. The van der Waals surface area contributed by atoms with Crippen LogP contribution in [-0.2, 0) is 0 Å². The predicted octanol–water partition coefficient (Wildman–Crippen LogP) is 2.57. The highest BCUT2D eigenvalue weighted by atomic mass is 35.5. The second-order valence-electron chi connectivity index (χ2n) is 3.83. The van der Waals surface area contributed by atoms with Crippen LogP contribution in [0.15, 0.2) is 18.2 Å². The summed E-state index contributed by atoms with van der Waals surface area (Å²) in [4.78, 5) is 9.98. The molecular weight excluding hydrogens is 235 g/mol. The summed E-state index contributed by atoms with van der Waals surface area (Å²) in [6.45, 7) is 0. The summed E-state index contributed by atoms with van der Waals surface area (Å²) in [5, 5.41) is 10.5. The highest BCUT2D eigenvalue weighted by Crippen LogP contribution is 2.40. The number of benzene rings is 1. The third kappa shape index (κ3) is 2.48. The summed E-state index contributed by atoms with van der Waals surface area (Å²) in [6, 6.07) is 3.08. The SMILES string of the molecule is Cl.N[C@H](c1cc([N+](=O)[O-])ccc1F)C1CC1. The number of non-ortho nitro benzene ring substituents is 1. The van der Waals surface area contributed by atoms with Crippen molar-refractivity contribution in [1.82, 2.24) is 0 Å². The van der Waals surface area contributed by atoms with Gasteiger partial charge in [-0.15, -0.1) is 12.4 Å². The first-order valence-corrected chi connectivity index (χ1v) is 4.79. The Balaban J connectivity index is 0.00000128. The van der Waals surface area contributed by atoms with Crippen molar-refractivity contribution < 1.29 is 9.31 Å². The van der Waals surface area contributed by atoms with Gasteiger partial charge in [0.15, 0.2) is 0 Å². The van der Waals surface area contributed by atoms with Crippen LogP contribution in [0.3, 0.4) is 0 Å². The van der Waals surface area contributed by atoms with E-state index in [4.69, 9.17) is 5.73 Å². The third-order valence-corrected chi connectivity index (χ3v) is 2.68. The molecule has 0 spiro atoms. The van der Waals surface area contributed by atoms with E-state index in [2.05, 4.69) is 0 Å². The van der Waals surface area contributed by atoms with Crippen molar-refractivity contribution in [3.05, 3.63) is 39.7 Å². The molecule has 4 nitrogen and oxygen atoms in total. The van der Waals surface area contributed by atoms with E-state index < -0.39 is 16.8 Å². The topological polar surface area (TPSA) is 69.2 Å². The Bertz CT molecular complexity index is 410. The average molecular weight is 247 g/mol. The highest BCUT2D eigenvalue weighted by Gasteiger charge is 2.31. The molecule has 1 aliphatic carbocycles. The lowest BCUT2D eigenvalue weighted by Gasteiger charge is -2.11. The Morgan fingerprint density at radius 3 is 2.62 bits per heavy atom. The van der Waals surface area contributed by atoms with Gasteiger partial charge in [0.1, 0.15) is 5.82 Å². The van der Waals surface area contributed by atoms with Crippen LogP contribution in [0.5, 0.6) is 0 Å². The molecule has 0 bridgehead atoms. The van der Waals surface area contributed by atoms with Gasteiger partial charge in [-0.05, 0) is 24.8 Å². The minimum absolute atomic E-state index is 0. The standard InChI is InChI=1S/C10H11FN2O2.ClH/c11-9-4-3-7(13(14)15)5-8(9)10(12)6-1-2-6;/h3-6,10H,1-2,12H2;1H/t10-;/m0./s1. The van der Waals surface area contributed by atoms with Crippen LogP contribution < -0.4 is 5.73 Å². The van der Waals surface area contributed by atoms with Crippen molar-refractivity contribution in [3.8, 4) is 0 Å². The van der Waals surface area contributed by atoms with Gasteiger partial charge in [0.2, 0.25) is 0 Å². The number of rotatable bonds is 3. The molecule has 2 N–H and O–H groups in total. The molecule has 16 heavy (non-hydrogen) atoms. The van der Waals surface area contributed by atoms with Crippen molar-refractivity contribution in [2.75, 3.05) is 0 Å². The summed E-state index contributed by atoms with van der Waals surface area (Å²) < 4.78 is 13.4. The summed E-state index contributed by atoms with van der Waals surface area (Å²) in [5.41, 5.74) is 5.95. The number of nitrogens with two attached hydrogens (primary N) is 1. The first kappa shape index (κ1) is 12.9. The minimum Gasteiger partial charge on any atom is -0.324 e. The normalized spacial score (nSPS) is 16.4. The molecule has 1 atom stereocenters. The number of nitro groups is 1. The van der Waals surface area contributed by atoms with Crippen LogP contribution in [0.2, 0.25) is 0 Å². The molecule has 0 aliphatic heterocycles. The van der Waals surface area contributed by atoms with E-state index >= 15 is 0 Å². The molecule has 0 saturated heterocycles. The maximum absolute atomic E-state index is 13.4. The summed E-state index contributed by atoms with van der Waals surface area (Å²) in [7, 11) is 0. The molecule has 2 rings (SSSR count). The largest absolute Gasteiger partial charge is 0.324 e. The molecule has 0 aromatic heterocycles. The molecular formula is C10H12ClFN2O2. The smallest absolute Gasteiger partial charge is 0.269 e. The molecule has 1 aliphatic rings. The Kier molecular flexibility index (Phi) is 3.83. The molecule has 6 heteroatoms. The van der Waals surface area contributed by atoms with Crippen LogP contribution in [-0.4, -0.2) is 4.92 Å². The van der Waals surface area contributed by atoms with Gasteiger partial charge in [0.05, 0.1) is 4.92 Å². The third-order valence-electron chi connectivity index (χ3n) is 2.68. The van der Waals surface area contributed by atoms with Crippen molar-refractivity contribution in [2.24, 2.45) is 11.7 Å². The van der Waals surface area contributed by atoms with Crippen LogP contribution in [0.4, 0.5) is 10.1 Å². The van der Waals surface area contributed by atoms with Gasteiger partial charge in [0, 0.05) is 23.7 Å². The van der Waals surface area contributed by atoms with E-state index in [0.29, 0.717) is 0 Å². The maximum Gasteiger partial charge on any atom is 0.269 e. The number of nitro benzene ring substituents is 1. The van der Waals surface area contributed by atoms with Gasteiger partial charge in [-0.3, -0.25) is 10.1 Å². The van der Waals surface area contributed by atoms with Gasteiger partial charge in [-0.25, -0.2) is 4.39 Å². The molecule has 0 heterocycles. The van der Waals surface area contributed by atoms with Crippen LogP contribution in [0, 0.1) is 21.8 Å². The van der Waals surface area contributed by atoms with Gasteiger partial charge in [-0.1, -0.05) is 0 Å². The fraction of sp³-hybridized carbons (Fsp3) is 0.400. The lowest BCUT2D eigenvalue weighted by Crippen LogP contribution is -2.14. The number of hydrogen-bond donors (Lipinski definition) is 1. The first-order valence-electron chi connectivity index (χ1n) is 4.79.